The van der Waals surface area contributed by atoms with Crippen molar-refractivity contribution in [3.63, 3.8) is 0 Å². The van der Waals surface area contributed by atoms with E-state index in [2.05, 4.69) is 10.4 Å². The van der Waals surface area contributed by atoms with E-state index in [1.807, 2.05) is 54.8 Å². The van der Waals surface area contributed by atoms with Gasteiger partial charge < -0.3 is 10.1 Å². The molecule has 2 aromatic carbocycles. The summed E-state index contributed by atoms with van der Waals surface area (Å²) in [6.45, 7) is 2.95. The van der Waals surface area contributed by atoms with Crippen molar-refractivity contribution in [3.8, 4) is 5.75 Å². The summed E-state index contributed by atoms with van der Waals surface area (Å²) < 4.78 is 7.61. The second-order valence-corrected chi connectivity index (χ2v) is 8.81. The number of amides is 1. The minimum absolute atomic E-state index is 0.148. The van der Waals surface area contributed by atoms with Crippen LogP contribution in [-0.2, 0) is 13.2 Å². The molecule has 2 aromatic heterocycles. The average Bonchev–Trinajstić information content (AvgIpc) is 3.38. The molecule has 1 amide bonds. The Bertz CT molecular complexity index is 1200. The standard InChI is InChI=1S/C23H19Cl2N3O2S/c1-15-8-18(24)4-7-21(15)30-13-17-9-22(31-14-17)23(29)27-20-5-2-16(3-6-20)11-28-12-19(25)10-26-28/h2-10,12,14H,11,13H2,1H3,(H,27,29). The van der Waals surface area contributed by atoms with Crippen LogP contribution in [0.2, 0.25) is 10.0 Å². The topological polar surface area (TPSA) is 56.1 Å². The zero-order valence-corrected chi connectivity index (χ0v) is 19.0. The lowest BCUT2D eigenvalue weighted by atomic mass is 10.2. The van der Waals surface area contributed by atoms with Gasteiger partial charge in [0.2, 0.25) is 0 Å². The van der Waals surface area contributed by atoms with Gasteiger partial charge >= 0.3 is 0 Å². The van der Waals surface area contributed by atoms with Crippen LogP contribution in [0, 0.1) is 6.92 Å². The third kappa shape index (κ3) is 5.67. The predicted octanol–water partition coefficient (Wildman–Crippen LogP) is 6.44. The molecule has 0 unspecified atom stereocenters. The van der Waals surface area contributed by atoms with Crippen LogP contribution in [0.1, 0.15) is 26.4 Å². The van der Waals surface area contributed by atoms with Crippen LogP contribution >= 0.6 is 34.5 Å². The van der Waals surface area contributed by atoms with E-state index in [1.54, 1.807) is 23.1 Å². The van der Waals surface area contributed by atoms with Crippen LogP contribution in [0.3, 0.4) is 0 Å². The molecule has 0 fully saturated rings. The number of hydrogen-bond acceptors (Lipinski definition) is 4. The monoisotopic (exact) mass is 471 g/mol. The van der Waals surface area contributed by atoms with Gasteiger partial charge in [0, 0.05) is 22.5 Å². The summed E-state index contributed by atoms with van der Waals surface area (Å²) >= 11 is 13.3. The number of ether oxygens (including phenoxy) is 1. The summed E-state index contributed by atoms with van der Waals surface area (Å²) in [6.07, 6.45) is 3.37. The van der Waals surface area contributed by atoms with Gasteiger partial charge in [-0.15, -0.1) is 11.3 Å². The van der Waals surface area contributed by atoms with Gasteiger partial charge in [0.05, 0.1) is 22.6 Å². The molecule has 1 N–H and O–H groups in total. The second kappa shape index (κ2) is 9.56. The van der Waals surface area contributed by atoms with E-state index in [-0.39, 0.29) is 5.91 Å². The molecule has 0 aliphatic carbocycles. The van der Waals surface area contributed by atoms with Gasteiger partial charge in [-0.05, 0) is 59.8 Å². The van der Waals surface area contributed by atoms with Crippen LogP contribution in [0.25, 0.3) is 0 Å². The molecule has 0 atom stereocenters. The fourth-order valence-electron chi connectivity index (χ4n) is 3.00. The molecule has 0 spiro atoms. The van der Waals surface area contributed by atoms with E-state index >= 15 is 0 Å². The van der Waals surface area contributed by atoms with Gasteiger partial charge in [-0.2, -0.15) is 5.10 Å². The van der Waals surface area contributed by atoms with Crippen molar-refractivity contribution in [3.05, 3.63) is 97.9 Å². The van der Waals surface area contributed by atoms with Crippen LogP contribution in [0.4, 0.5) is 5.69 Å². The van der Waals surface area contributed by atoms with E-state index in [9.17, 15) is 4.79 Å². The Morgan fingerprint density at radius 1 is 1.10 bits per heavy atom. The summed E-state index contributed by atoms with van der Waals surface area (Å²) in [7, 11) is 0. The maximum absolute atomic E-state index is 12.6. The number of nitrogens with one attached hydrogen (secondary N) is 1. The molecule has 4 rings (SSSR count). The third-order valence-electron chi connectivity index (χ3n) is 4.57. The quantitative estimate of drug-likeness (QED) is 0.337. The normalized spacial score (nSPS) is 10.8. The SMILES string of the molecule is Cc1cc(Cl)ccc1OCc1csc(C(=O)Nc2ccc(Cn3cc(Cl)cn3)cc2)c1. The zero-order chi connectivity index (χ0) is 21.8. The summed E-state index contributed by atoms with van der Waals surface area (Å²) in [5, 5.41) is 10.3. The van der Waals surface area contributed by atoms with E-state index in [1.165, 1.54) is 11.3 Å². The number of rotatable bonds is 7. The molecular formula is C23H19Cl2N3O2S. The van der Waals surface area contributed by atoms with Crippen molar-refractivity contribution in [2.45, 2.75) is 20.1 Å². The molecule has 0 aliphatic heterocycles. The maximum Gasteiger partial charge on any atom is 0.265 e. The molecule has 2 heterocycles. The number of thiophene rings is 1. The van der Waals surface area contributed by atoms with Gasteiger partial charge in [-0.1, -0.05) is 35.3 Å². The number of nitrogens with zero attached hydrogens (tertiary/aromatic N) is 2. The molecule has 8 heteroatoms. The van der Waals surface area contributed by atoms with E-state index in [0.29, 0.717) is 28.1 Å². The van der Waals surface area contributed by atoms with E-state index < -0.39 is 0 Å². The first-order valence-electron chi connectivity index (χ1n) is 9.51. The van der Waals surface area contributed by atoms with E-state index in [4.69, 9.17) is 27.9 Å². The second-order valence-electron chi connectivity index (χ2n) is 7.02. The Labute approximate surface area is 194 Å². The minimum atomic E-state index is -0.148. The summed E-state index contributed by atoms with van der Waals surface area (Å²) in [4.78, 5) is 13.2. The Balaban J connectivity index is 1.33. The highest BCUT2D eigenvalue weighted by molar-refractivity contribution is 7.12. The molecule has 158 valence electrons. The lowest BCUT2D eigenvalue weighted by Gasteiger charge is -2.08. The van der Waals surface area contributed by atoms with Crippen molar-refractivity contribution < 1.29 is 9.53 Å². The van der Waals surface area contributed by atoms with Crippen molar-refractivity contribution >= 4 is 46.1 Å². The van der Waals surface area contributed by atoms with Crippen molar-refractivity contribution in [2.75, 3.05) is 5.32 Å². The number of aromatic nitrogens is 2. The Hall–Kier alpha value is -2.80. The molecule has 0 saturated carbocycles. The Morgan fingerprint density at radius 2 is 1.90 bits per heavy atom. The molecule has 0 saturated heterocycles. The first-order chi connectivity index (χ1) is 15.0. The fraction of sp³-hybridized carbons (Fsp3) is 0.130. The van der Waals surface area contributed by atoms with Crippen LogP contribution in [-0.4, -0.2) is 15.7 Å². The molecule has 4 aromatic rings. The number of aryl methyl sites for hydroxylation is 1. The van der Waals surface area contributed by atoms with Gasteiger partial charge in [-0.25, -0.2) is 0 Å². The van der Waals surface area contributed by atoms with Gasteiger partial charge in [0.1, 0.15) is 12.4 Å². The summed E-state index contributed by atoms with van der Waals surface area (Å²) in [6, 6.07) is 15.0. The molecular weight excluding hydrogens is 453 g/mol. The average molecular weight is 472 g/mol. The number of anilines is 1. The van der Waals surface area contributed by atoms with Crippen molar-refractivity contribution in [1.29, 1.82) is 0 Å². The highest BCUT2D eigenvalue weighted by Crippen LogP contribution is 2.24. The summed E-state index contributed by atoms with van der Waals surface area (Å²) in [5.74, 6) is 0.629. The summed E-state index contributed by atoms with van der Waals surface area (Å²) in [5.41, 5.74) is 3.71. The van der Waals surface area contributed by atoms with E-state index in [0.717, 1.165) is 28.1 Å². The smallest absolute Gasteiger partial charge is 0.265 e. The molecule has 0 aliphatic rings. The van der Waals surface area contributed by atoms with Crippen molar-refractivity contribution in [1.82, 2.24) is 9.78 Å². The van der Waals surface area contributed by atoms with Gasteiger partial charge in [0.15, 0.2) is 0 Å². The Kier molecular flexibility index (Phi) is 6.61. The fourth-order valence-corrected chi connectivity index (χ4v) is 4.18. The molecule has 5 nitrogen and oxygen atoms in total. The first-order valence-corrected chi connectivity index (χ1v) is 11.1. The largest absolute Gasteiger partial charge is 0.489 e. The minimum Gasteiger partial charge on any atom is -0.489 e. The number of carbonyl (C=O) groups excluding carboxylic acids is 1. The maximum atomic E-state index is 12.6. The highest BCUT2D eigenvalue weighted by atomic mass is 35.5. The first kappa shape index (κ1) is 21.4. The number of carbonyl (C=O) groups is 1. The molecule has 0 bridgehead atoms. The molecule has 0 radical (unpaired) electrons. The number of halogens is 2. The highest BCUT2D eigenvalue weighted by Gasteiger charge is 2.11. The Morgan fingerprint density at radius 3 is 2.61 bits per heavy atom. The zero-order valence-electron chi connectivity index (χ0n) is 16.6. The lowest BCUT2D eigenvalue weighted by Crippen LogP contribution is -2.10. The van der Waals surface area contributed by atoms with Crippen LogP contribution in [0.15, 0.2) is 66.3 Å². The number of benzene rings is 2. The number of hydrogen-bond donors (Lipinski definition) is 1. The van der Waals surface area contributed by atoms with Gasteiger partial charge in [0.25, 0.3) is 5.91 Å². The van der Waals surface area contributed by atoms with Crippen molar-refractivity contribution in [2.24, 2.45) is 0 Å². The predicted molar refractivity (Wildman–Crippen MR) is 126 cm³/mol. The van der Waals surface area contributed by atoms with Gasteiger partial charge in [-0.3, -0.25) is 9.48 Å². The lowest BCUT2D eigenvalue weighted by molar-refractivity contribution is 0.103. The third-order valence-corrected chi connectivity index (χ3v) is 5.98. The van der Waals surface area contributed by atoms with Crippen LogP contribution < -0.4 is 10.1 Å². The van der Waals surface area contributed by atoms with Crippen LogP contribution in [0.5, 0.6) is 5.75 Å². The molecule has 31 heavy (non-hydrogen) atoms.